The maximum atomic E-state index is 13.4. The SMILES string of the molecule is Cc1nn(C)c(C)c1CNc1ccc(F)c(N)c1C(=O)O. The Balaban J connectivity index is 2.32. The number of rotatable bonds is 4. The number of nitrogens with one attached hydrogen (secondary N) is 1. The Hall–Kier alpha value is -2.57. The molecule has 0 unspecified atom stereocenters. The average molecular weight is 292 g/mol. The van der Waals surface area contributed by atoms with E-state index < -0.39 is 11.8 Å². The summed E-state index contributed by atoms with van der Waals surface area (Å²) >= 11 is 0. The maximum Gasteiger partial charge on any atom is 0.340 e. The number of aromatic carboxylic acids is 1. The molecule has 21 heavy (non-hydrogen) atoms. The Bertz CT molecular complexity index is 709. The van der Waals surface area contributed by atoms with E-state index in [1.54, 1.807) is 4.68 Å². The molecule has 0 atom stereocenters. The molecule has 2 aromatic rings. The van der Waals surface area contributed by atoms with Crippen LogP contribution in [0.1, 0.15) is 27.3 Å². The standard InChI is InChI=1S/C14H17FN4O2/c1-7-9(8(2)19(3)18-7)6-17-11-5-4-10(15)13(16)12(11)14(20)21/h4-5,17H,6,16H2,1-3H3,(H,20,21). The summed E-state index contributed by atoms with van der Waals surface area (Å²) in [5.41, 5.74) is 7.97. The number of nitrogens with zero attached hydrogens (tertiary/aromatic N) is 2. The Kier molecular flexibility index (Phi) is 3.84. The fourth-order valence-corrected chi connectivity index (χ4v) is 2.23. The molecule has 7 heteroatoms. The Labute approximate surface area is 121 Å². The third-order valence-corrected chi connectivity index (χ3v) is 3.52. The first kappa shape index (κ1) is 14.8. The molecule has 0 saturated carbocycles. The average Bonchev–Trinajstić information content (AvgIpc) is 2.65. The number of hydrogen-bond donors (Lipinski definition) is 3. The number of benzene rings is 1. The van der Waals surface area contributed by atoms with Gasteiger partial charge in [-0.15, -0.1) is 0 Å². The fourth-order valence-electron chi connectivity index (χ4n) is 2.23. The van der Waals surface area contributed by atoms with Gasteiger partial charge in [-0.25, -0.2) is 9.18 Å². The predicted octanol–water partition coefficient (Wildman–Crippen LogP) is 2.07. The molecule has 112 valence electrons. The molecule has 6 nitrogen and oxygen atoms in total. The summed E-state index contributed by atoms with van der Waals surface area (Å²) in [7, 11) is 1.84. The van der Waals surface area contributed by atoms with E-state index in [0.717, 1.165) is 23.0 Å². The lowest BCUT2D eigenvalue weighted by Crippen LogP contribution is -2.11. The van der Waals surface area contributed by atoms with Crippen molar-refractivity contribution in [1.29, 1.82) is 0 Å². The molecular weight excluding hydrogens is 275 g/mol. The largest absolute Gasteiger partial charge is 0.478 e. The van der Waals surface area contributed by atoms with Crippen molar-refractivity contribution in [1.82, 2.24) is 9.78 Å². The quantitative estimate of drug-likeness (QED) is 0.750. The molecule has 1 aromatic carbocycles. The summed E-state index contributed by atoms with van der Waals surface area (Å²) in [6, 6.07) is 2.52. The highest BCUT2D eigenvalue weighted by Gasteiger charge is 2.18. The number of aromatic nitrogens is 2. The van der Waals surface area contributed by atoms with Gasteiger partial charge in [0.1, 0.15) is 11.4 Å². The molecule has 0 aliphatic rings. The first-order valence-corrected chi connectivity index (χ1v) is 6.37. The summed E-state index contributed by atoms with van der Waals surface area (Å²) in [6.07, 6.45) is 0. The van der Waals surface area contributed by atoms with Crippen LogP contribution >= 0.6 is 0 Å². The number of halogens is 1. The van der Waals surface area contributed by atoms with E-state index in [2.05, 4.69) is 10.4 Å². The predicted molar refractivity (Wildman–Crippen MR) is 77.8 cm³/mol. The molecule has 0 saturated heterocycles. The third-order valence-electron chi connectivity index (χ3n) is 3.52. The van der Waals surface area contributed by atoms with Crippen LogP contribution in [0.5, 0.6) is 0 Å². The molecule has 0 amide bonds. The fraction of sp³-hybridized carbons (Fsp3) is 0.286. The van der Waals surface area contributed by atoms with Crippen molar-refractivity contribution in [3.8, 4) is 0 Å². The van der Waals surface area contributed by atoms with Crippen LogP contribution in [0.2, 0.25) is 0 Å². The minimum Gasteiger partial charge on any atom is -0.478 e. The second-order valence-electron chi connectivity index (χ2n) is 4.82. The van der Waals surface area contributed by atoms with Crippen molar-refractivity contribution < 1.29 is 14.3 Å². The topological polar surface area (TPSA) is 93.2 Å². The van der Waals surface area contributed by atoms with Gasteiger partial charge in [0.15, 0.2) is 0 Å². The van der Waals surface area contributed by atoms with E-state index in [4.69, 9.17) is 5.73 Å². The van der Waals surface area contributed by atoms with E-state index >= 15 is 0 Å². The molecule has 0 aliphatic carbocycles. The molecule has 0 spiro atoms. The van der Waals surface area contributed by atoms with Crippen molar-refractivity contribution in [2.24, 2.45) is 7.05 Å². The van der Waals surface area contributed by atoms with Crippen LogP contribution in [-0.4, -0.2) is 20.9 Å². The first-order chi connectivity index (χ1) is 9.82. The lowest BCUT2D eigenvalue weighted by atomic mass is 10.1. The number of carboxylic acid groups (broad SMARTS) is 1. The molecule has 0 fully saturated rings. The monoisotopic (exact) mass is 292 g/mol. The minimum atomic E-state index is -1.27. The summed E-state index contributed by atoms with van der Waals surface area (Å²) in [4.78, 5) is 11.2. The van der Waals surface area contributed by atoms with Crippen molar-refractivity contribution in [3.05, 3.63) is 40.5 Å². The Morgan fingerprint density at radius 1 is 1.48 bits per heavy atom. The number of hydrogen-bond acceptors (Lipinski definition) is 4. The van der Waals surface area contributed by atoms with Gasteiger partial charge in [-0.05, 0) is 26.0 Å². The van der Waals surface area contributed by atoms with E-state index in [1.807, 2.05) is 20.9 Å². The normalized spacial score (nSPS) is 10.7. The lowest BCUT2D eigenvalue weighted by molar-refractivity contribution is 0.0698. The Morgan fingerprint density at radius 2 is 2.14 bits per heavy atom. The first-order valence-electron chi connectivity index (χ1n) is 6.37. The molecular formula is C14H17FN4O2. The van der Waals surface area contributed by atoms with Gasteiger partial charge in [0.05, 0.1) is 17.1 Å². The van der Waals surface area contributed by atoms with Crippen molar-refractivity contribution in [2.45, 2.75) is 20.4 Å². The van der Waals surface area contributed by atoms with Crippen LogP contribution in [0.3, 0.4) is 0 Å². The van der Waals surface area contributed by atoms with Crippen molar-refractivity contribution in [3.63, 3.8) is 0 Å². The zero-order valence-corrected chi connectivity index (χ0v) is 12.1. The molecule has 2 rings (SSSR count). The van der Waals surface area contributed by atoms with Gasteiger partial charge < -0.3 is 16.2 Å². The molecule has 4 N–H and O–H groups in total. The van der Waals surface area contributed by atoms with Crippen LogP contribution in [0.15, 0.2) is 12.1 Å². The van der Waals surface area contributed by atoms with Gasteiger partial charge in [-0.2, -0.15) is 5.10 Å². The number of carbonyl (C=O) groups is 1. The molecule has 1 aromatic heterocycles. The van der Waals surface area contributed by atoms with Gasteiger partial charge in [0.2, 0.25) is 0 Å². The van der Waals surface area contributed by atoms with E-state index in [9.17, 15) is 14.3 Å². The van der Waals surface area contributed by atoms with Crippen molar-refractivity contribution in [2.75, 3.05) is 11.1 Å². The van der Waals surface area contributed by atoms with E-state index in [1.165, 1.54) is 6.07 Å². The summed E-state index contributed by atoms with van der Waals surface area (Å²) < 4.78 is 15.1. The highest BCUT2D eigenvalue weighted by molar-refractivity contribution is 6.00. The van der Waals surface area contributed by atoms with Crippen LogP contribution in [-0.2, 0) is 13.6 Å². The second-order valence-corrected chi connectivity index (χ2v) is 4.82. The van der Waals surface area contributed by atoms with Crippen LogP contribution < -0.4 is 11.1 Å². The Morgan fingerprint density at radius 3 is 2.67 bits per heavy atom. The molecule has 0 bridgehead atoms. The van der Waals surface area contributed by atoms with Crippen LogP contribution in [0.25, 0.3) is 0 Å². The number of aryl methyl sites for hydroxylation is 2. The smallest absolute Gasteiger partial charge is 0.340 e. The van der Waals surface area contributed by atoms with Gasteiger partial charge in [-0.1, -0.05) is 0 Å². The minimum absolute atomic E-state index is 0.255. The number of nitrogens with two attached hydrogens (primary N) is 1. The summed E-state index contributed by atoms with van der Waals surface area (Å²) in [5, 5.41) is 16.5. The van der Waals surface area contributed by atoms with E-state index in [-0.39, 0.29) is 16.9 Å². The maximum absolute atomic E-state index is 13.4. The molecule has 0 radical (unpaired) electrons. The molecule has 0 aliphatic heterocycles. The van der Waals surface area contributed by atoms with Gasteiger partial charge in [-0.3, -0.25) is 4.68 Å². The summed E-state index contributed by atoms with van der Waals surface area (Å²) in [5.74, 6) is -2.01. The van der Waals surface area contributed by atoms with E-state index in [0.29, 0.717) is 6.54 Å². The number of nitrogen functional groups attached to an aromatic ring is 1. The van der Waals surface area contributed by atoms with Gasteiger partial charge in [0.25, 0.3) is 0 Å². The summed E-state index contributed by atoms with van der Waals surface area (Å²) in [6.45, 7) is 4.19. The van der Waals surface area contributed by atoms with Gasteiger partial charge in [0, 0.05) is 24.8 Å². The lowest BCUT2D eigenvalue weighted by Gasteiger charge is -2.12. The highest BCUT2D eigenvalue weighted by atomic mass is 19.1. The highest BCUT2D eigenvalue weighted by Crippen LogP contribution is 2.26. The number of anilines is 2. The van der Waals surface area contributed by atoms with Crippen molar-refractivity contribution >= 4 is 17.3 Å². The van der Waals surface area contributed by atoms with Gasteiger partial charge >= 0.3 is 5.97 Å². The zero-order valence-electron chi connectivity index (χ0n) is 12.1. The number of carboxylic acids is 1. The van der Waals surface area contributed by atoms with Crippen LogP contribution in [0.4, 0.5) is 15.8 Å². The van der Waals surface area contributed by atoms with Crippen LogP contribution in [0, 0.1) is 19.7 Å². The second kappa shape index (κ2) is 5.43. The third kappa shape index (κ3) is 2.67. The molecule has 1 heterocycles. The zero-order chi connectivity index (χ0) is 15.7.